The number of nitrogens with one attached hydrogen (secondary N) is 1. The highest BCUT2D eigenvalue weighted by Gasteiger charge is 2.35. The van der Waals surface area contributed by atoms with E-state index in [1.807, 2.05) is 20.0 Å². The molecule has 0 saturated heterocycles. The van der Waals surface area contributed by atoms with Gasteiger partial charge in [-0.25, -0.2) is 0 Å². The van der Waals surface area contributed by atoms with E-state index in [2.05, 4.69) is 38.2 Å². The molecule has 236 valence electrons. The number of amides is 1. The van der Waals surface area contributed by atoms with Gasteiger partial charge in [0.1, 0.15) is 12.3 Å². The topological polar surface area (TPSA) is 60.5 Å². The van der Waals surface area contributed by atoms with Crippen molar-refractivity contribution in [2.24, 2.45) is 0 Å². The number of likely N-dealkylation sites (N-methyl/N-ethyl adjacent to an activating group) is 1. The standard InChI is InChI=1S/C35H63N3O3/c1-7-9-10-11-12-13-14-15-16-17-18-19-20-21-22-23-33(39)36-25-26-38(5,6)28-31-27-37-30(3)34-32(31)29-40-35(4,41-34)24-8-2/h27H,7-26,28-29H2,1-6H3/p+1. The number of quaternary nitrogens is 1. The minimum Gasteiger partial charge on any atom is -0.460 e. The monoisotopic (exact) mass is 574 g/mol. The van der Waals surface area contributed by atoms with Gasteiger partial charge in [-0.2, -0.15) is 0 Å². The molecule has 6 nitrogen and oxygen atoms in total. The highest BCUT2D eigenvalue weighted by atomic mass is 16.7. The molecule has 0 bridgehead atoms. The number of unbranched alkanes of at least 4 members (excludes halogenated alkanes) is 14. The lowest BCUT2D eigenvalue weighted by Crippen LogP contribution is -2.45. The van der Waals surface area contributed by atoms with Crippen LogP contribution < -0.4 is 10.1 Å². The molecule has 0 radical (unpaired) electrons. The molecule has 1 aliphatic heterocycles. The molecule has 1 aromatic heterocycles. The zero-order valence-corrected chi connectivity index (χ0v) is 27.8. The second kappa shape index (κ2) is 19.5. The van der Waals surface area contributed by atoms with E-state index < -0.39 is 5.79 Å². The second-order valence-electron chi connectivity index (χ2n) is 13.3. The molecule has 1 aliphatic rings. The first-order valence-corrected chi connectivity index (χ1v) is 17.1. The van der Waals surface area contributed by atoms with Crippen LogP contribution in [0.5, 0.6) is 5.75 Å². The maximum atomic E-state index is 12.4. The van der Waals surface area contributed by atoms with Crippen molar-refractivity contribution in [3.63, 3.8) is 0 Å². The summed E-state index contributed by atoms with van der Waals surface area (Å²) < 4.78 is 13.2. The number of rotatable bonds is 23. The fourth-order valence-corrected chi connectivity index (χ4v) is 5.94. The van der Waals surface area contributed by atoms with Gasteiger partial charge in [0.15, 0.2) is 0 Å². The average Bonchev–Trinajstić information content (AvgIpc) is 2.92. The van der Waals surface area contributed by atoms with Crippen LogP contribution in [-0.2, 0) is 22.7 Å². The molecule has 0 saturated carbocycles. The van der Waals surface area contributed by atoms with Crippen LogP contribution in [-0.4, -0.2) is 48.3 Å². The molecule has 1 unspecified atom stereocenters. The highest BCUT2D eigenvalue weighted by molar-refractivity contribution is 5.75. The Bertz CT molecular complexity index is 872. The van der Waals surface area contributed by atoms with Crippen molar-refractivity contribution in [2.75, 3.05) is 27.2 Å². The summed E-state index contributed by atoms with van der Waals surface area (Å²) in [4.78, 5) is 17.0. The van der Waals surface area contributed by atoms with Gasteiger partial charge in [-0.15, -0.1) is 0 Å². The quantitative estimate of drug-likeness (QED) is 0.105. The molecule has 0 spiro atoms. The minimum absolute atomic E-state index is 0.186. The number of carbonyl (C=O) groups is 1. The van der Waals surface area contributed by atoms with Gasteiger partial charge < -0.3 is 19.3 Å². The smallest absolute Gasteiger partial charge is 0.220 e. The van der Waals surface area contributed by atoms with Crippen molar-refractivity contribution in [1.82, 2.24) is 10.3 Å². The molecule has 0 fully saturated rings. The van der Waals surface area contributed by atoms with Gasteiger partial charge in [-0.3, -0.25) is 9.78 Å². The van der Waals surface area contributed by atoms with E-state index in [-0.39, 0.29) is 5.91 Å². The first-order valence-electron chi connectivity index (χ1n) is 17.1. The zero-order chi connectivity index (χ0) is 30.0. The Morgan fingerprint density at radius 1 is 0.902 bits per heavy atom. The number of hydrogen-bond donors (Lipinski definition) is 1. The molecule has 1 atom stereocenters. The summed E-state index contributed by atoms with van der Waals surface area (Å²) in [7, 11) is 4.41. The molecule has 1 N–H and O–H groups in total. The fraction of sp³-hybridized carbons (Fsp3) is 0.829. The van der Waals surface area contributed by atoms with Gasteiger partial charge in [0, 0.05) is 37.1 Å². The lowest BCUT2D eigenvalue weighted by atomic mass is 10.0. The molecule has 1 aromatic rings. The molecule has 2 rings (SSSR count). The Morgan fingerprint density at radius 3 is 2.02 bits per heavy atom. The van der Waals surface area contributed by atoms with Crippen molar-refractivity contribution in [3.05, 3.63) is 23.0 Å². The molecule has 0 aromatic carbocycles. The summed E-state index contributed by atoms with van der Waals surface area (Å²) in [5.41, 5.74) is 3.21. The van der Waals surface area contributed by atoms with Gasteiger partial charge in [0.25, 0.3) is 0 Å². The summed E-state index contributed by atoms with van der Waals surface area (Å²) >= 11 is 0. The highest BCUT2D eigenvalue weighted by Crippen LogP contribution is 2.37. The number of ether oxygens (including phenoxy) is 2. The van der Waals surface area contributed by atoms with Gasteiger partial charge in [-0.05, 0) is 19.8 Å². The van der Waals surface area contributed by atoms with Gasteiger partial charge >= 0.3 is 0 Å². The maximum Gasteiger partial charge on any atom is 0.220 e. The van der Waals surface area contributed by atoms with Crippen LogP contribution in [0.25, 0.3) is 0 Å². The third kappa shape index (κ3) is 14.4. The molecular formula is C35H64N3O3+. The van der Waals surface area contributed by atoms with E-state index in [9.17, 15) is 4.79 Å². The number of carbonyl (C=O) groups excluding carboxylic acids is 1. The van der Waals surface area contributed by atoms with Crippen LogP contribution in [0.15, 0.2) is 6.20 Å². The molecule has 0 aliphatic carbocycles. The number of hydrogen-bond acceptors (Lipinski definition) is 4. The normalized spacial score (nSPS) is 16.8. The lowest BCUT2D eigenvalue weighted by Gasteiger charge is -2.38. The van der Waals surface area contributed by atoms with Crippen LogP contribution in [0.2, 0.25) is 0 Å². The van der Waals surface area contributed by atoms with E-state index in [4.69, 9.17) is 9.47 Å². The van der Waals surface area contributed by atoms with E-state index in [1.54, 1.807) is 0 Å². The fourth-order valence-electron chi connectivity index (χ4n) is 5.94. The Hall–Kier alpha value is -1.66. The first-order chi connectivity index (χ1) is 19.7. The largest absolute Gasteiger partial charge is 0.460 e. The van der Waals surface area contributed by atoms with Gasteiger partial charge in [-0.1, -0.05) is 104 Å². The molecule has 1 amide bonds. The third-order valence-corrected chi connectivity index (χ3v) is 8.59. The van der Waals surface area contributed by atoms with Crippen LogP contribution in [0.3, 0.4) is 0 Å². The predicted molar refractivity (Wildman–Crippen MR) is 171 cm³/mol. The lowest BCUT2D eigenvalue weighted by molar-refractivity contribution is -0.902. The second-order valence-corrected chi connectivity index (χ2v) is 13.3. The van der Waals surface area contributed by atoms with Crippen LogP contribution in [0, 0.1) is 6.92 Å². The Morgan fingerprint density at radius 2 is 1.46 bits per heavy atom. The van der Waals surface area contributed by atoms with Crippen molar-refractivity contribution in [2.45, 2.75) is 162 Å². The molecule has 41 heavy (non-hydrogen) atoms. The van der Waals surface area contributed by atoms with Crippen LogP contribution >= 0.6 is 0 Å². The van der Waals surface area contributed by atoms with Crippen molar-refractivity contribution in [1.29, 1.82) is 0 Å². The van der Waals surface area contributed by atoms with Crippen molar-refractivity contribution < 1.29 is 18.8 Å². The van der Waals surface area contributed by atoms with E-state index in [0.717, 1.165) is 53.8 Å². The summed E-state index contributed by atoms with van der Waals surface area (Å²) in [6.45, 7) is 11.4. The SMILES string of the molecule is CCCCCCCCCCCCCCCCCC(=O)NCC[N+](C)(C)Cc1cnc(C)c2c1COC(C)(CCC)O2. The van der Waals surface area contributed by atoms with Gasteiger partial charge in [0.05, 0.1) is 39.5 Å². The summed E-state index contributed by atoms with van der Waals surface area (Å²) in [5.74, 6) is 0.501. The van der Waals surface area contributed by atoms with E-state index in [1.165, 1.54) is 95.5 Å². The average molecular weight is 575 g/mol. The summed E-state index contributed by atoms with van der Waals surface area (Å²) in [5, 5.41) is 3.15. The molecule has 2 heterocycles. The number of aromatic nitrogens is 1. The minimum atomic E-state index is -0.575. The molecule has 6 heteroatoms. The van der Waals surface area contributed by atoms with Crippen LogP contribution in [0.1, 0.15) is 153 Å². The Balaban J connectivity index is 1.54. The van der Waals surface area contributed by atoms with Gasteiger partial charge in [0.2, 0.25) is 11.7 Å². The first kappa shape index (κ1) is 35.5. The van der Waals surface area contributed by atoms with E-state index in [0.29, 0.717) is 19.6 Å². The predicted octanol–water partition coefficient (Wildman–Crippen LogP) is 8.77. The number of fused-ring (bicyclic) bond motifs is 1. The Labute approximate surface area is 253 Å². The number of nitrogens with zero attached hydrogens (tertiary/aromatic N) is 2. The zero-order valence-electron chi connectivity index (χ0n) is 27.8. The third-order valence-electron chi connectivity index (χ3n) is 8.59. The van der Waals surface area contributed by atoms with Crippen molar-refractivity contribution in [3.8, 4) is 5.75 Å². The summed E-state index contributed by atoms with van der Waals surface area (Å²) in [6.07, 6.45) is 24.7. The van der Waals surface area contributed by atoms with Crippen LogP contribution in [0.4, 0.5) is 0 Å². The molecular weight excluding hydrogens is 510 g/mol. The summed E-state index contributed by atoms with van der Waals surface area (Å²) in [6, 6.07) is 0. The maximum absolute atomic E-state index is 12.4. The number of pyridine rings is 1. The van der Waals surface area contributed by atoms with Crippen molar-refractivity contribution >= 4 is 5.91 Å². The van der Waals surface area contributed by atoms with E-state index >= 15 is 0 Å². The Kier molecular flexibility index (Phi) is 16.9. The number of aryl methyl sites for hydroxylation is 1.